The highest BCUT2D eigenvalue weighted by Gasteiger charge is 2.16. The molecule has 0 bridgehead atoms. The van der Waals surface area contributed by atoms with Crippen LogP contribution in [-0.4, -0.2) is 43.6 Å². The predicted molar refractivity (Wildman–Crippen MR) is 102 cm³/mol. The van der Waals surface area contributed by atoms with Gasteiger partial charge in [-0.05, 0) is 51.4 Å². The molecule has 1 aliphatic heterocycles. The Morgan fingerprint density at radius 2 is 2.09 bits per heavy atom. The van der Waals surface area contributed by atoms with Gasteiger partial charge < -0.3 is 20.0 Å². The minimum absolute atomic E-state index is 0. The number of aliphatic imine (C=N–C) groups is 1. The molecule has 6 heteroatoms. The first-order chi connectivity index (χ1) is 10.3. The van der Waals surface area contributed by atoms with Crippen LogP contribution in [-0.2, 0) is 6.54 Å². The fraction of sp³-hybridized carbons (Fsp3) is 0.688. The van der Waals surface area contributed by atoms with Gasteiger partial charge in [-0.25, -0.2) is 0 Å². The second-order valence-corrected chi connectivity index (χ2v) is 5.67. The summed E-state index contributed by atoms with van der Waals surface area (Å²) in [5, 5.41) is 6.63. The van der Waals surface area contributed by atoms with Gasteiger partial charge in [-0.3, -0.25) is 4.99 Å². The predicted octanol–water partition coefficient (Wildman–Crippen LogP) is 2.83. The lowest BCUT2D eigenvalue weighted by molar-refractivity contribution is 0.167. The summed E-state index contributed by atoms with van der Waals surface area (Å²) in [6.07, 6.45) is 6.92. The van der Waals surface area contributed by atoms with E-state index in [1.54, 1.807) is 13.3 Å². The van der Waals surface area contributed by atoms with Crippen molar-refractivity contribution < 1.29 is 4.42 Å². The molecule has 1 saturated heterocycles. The Morgan fingerprint density at radius 1 is 1.32 bits per heavy atom. The number of likely N-dealkylation sites (tertiary alicyclic amines) is 1. The standard InChI is InChI=1S/C16H28N4O.HI/c1-14(20-10-4-3-5-11-20)8-9-18-16(17-2)19-13-15-7-6-12-21-15;/h6-7,12,14H,3-5,8-11,13H2,1-2H3,(H2,17,18,19);1H. The average Bonchev–Trinajstić information content (AvgIpc) is 3.04. The largest absolute Gasteiger partial charge is 0.467 e. The van der Waals surface area contributed by atoms with Crippen LogP contribution in [0.2, 0.25) is 0 Å². The monoisotopic (exact) mass is 420 g/mol. The number of rotatable bonds is 6. The molecule has 1 aromatic heterocycles. The van der Waals surface area contributed by atoms with Gasteiger partial charge in [-0.2, -0.15) is 0 Å². The van der Waals surface area contributed by atoms with Gasteiger partial charge in [0.2, 0.25) is 0 Å². The molecule has 0 saturated carbocycles. The highest BCUT2D eigenvalue weighted by molar-refractivity contribution is 14.0. The lowest BCUT2D eigenvalue weighted by Gasteiger charge is -2.32. The van der Waals surface area contributed by atoms with Crippen LogP contribution in [0.3, 0.4) is 0 Å². The smallest absolute Gasteiger partial charge is 0.191 e. The molecule has 22 heavy (non-hydrogen) atoms. The Balaban J connectivity index is 0.00000242. The zero-order valence-corrected chi connectivity index (χ0v) is 16.0. The van der Waals surface area contributed by atoms with E-state index >= 15 is 0 Å². The van der Waals surface area contributed by atoms with Crippen molar-refractivity contribution in [2.24, 2.45) is 4.99 Å². The molecule has 0 radical (unpaired) electrons. The molecule has 2 heterocycles. The van der Waals surface area contributed by atoms with Gasteiger partial charge in [-0.1, -0.05) is 6.42 Å². The molecular formula is C16H29IN4O. The number of nitrogens with zero attached hydrogens (tertiary/aromatic N) is 2. The number of piperidine rings is 1. The molecule has 0 aliphatic carbocycles. The van der Waals surface area contributed by atoms with Crippen LogP contribution in [0.5, 0.6) is 0 Å². The maximum Gasteiger partial charge on any atom is 0.191 e. The Hall–Kier alpha value is -0.760. The second kappa shape index (κ2) is 10.9. The molecule has 2 N–H and O–H groups in total. The maximum atomic E-state index is 5.30. The lowest BCUT2D eigenvalue weighted by atomic mass is 10.1. The number of nitrogens with one attached hydrogen (secondary N) is 2. The van der Waals surface area contributed by atoms with Gasteiger partial charge in [0.25, 0.3) is 0 Å². The number of furan rings is 1. The molecule has 1 aromatic rings. The van der Waals surface area contributed by atoms with E-state index in [4.69, 9.17) is 4.42 Å². The van der Waals surface area contributed by atoms with Gasteiger partial charge in [-0.15, -0.1) is 24.0 Å². The van der Waals surface area contributed by atoms with Crippen molar-refractivity contribution in [2.75, 3.05) is 26.7 Å². The van der Waals surface area contributed by atoms with E-state index in [0.29, 0.717) is 12.6 Å². The zero-order valence-electron chi connectivity index (χ0n) is 13.7. The summed E-state index contributed by atoms with van der Waals surface area (Å²) >= 11 is 0. The molecule has 0 aromatic carbocycles. The SMILES string of the molecule is CN=C(NCCC(C)N1CCCCC1)NCc1ccco1.I. The van der Waals surface area contributed by atoms with E-state index in [9.17, 15) is 0 Å². The summed E-state index contributed by atoms with van der Waals surface area (Å²) in [5.74, 6) is 1.75. The summed E-state index contributed by atoms with van der Waals surface area (Å²) in [6, 6.07) is 4.49. The van der Waals surface area contributed by atoms with E-state index in [1.807, 2.05) is 12.1 Å². The fourth-order valence-corrected chi connectivity index (χ4v) is 2.75. The first kappa shape index (κ1) is 19.3. The van der Waals surface area contributed by atoms with Crippen LogP contribution in [0.1, 0.15) is 38.4 Å². The maximum absolute atomic E-state index is 5.30. The topological polar surface area (TPSA) is 52.8 Å². The van der Waals surface area contributed by atoms with Crippen molar-refractivity contribution in [3.63, 3.8) is 0 Å². The number of hydrogen-bond acceptors (Lipinski definition) is 3. The van der Waals surface area contributed by atoms with Crippen molar-refractivity contribution in [3.8, 4) is 0 Å². The molecule has 0 spiro atoms. The van der Waals surface area contributed by atoms with Crippen LogP contribution in [0, 0.1) is 0 Å². The quantitative estimate of drug-likeness (QED) is 0.422. The molecule has 1 fully saturated rings. The summed E-state index contributed by atoms with van der Waals surface area (Å²) in [5.41, 5.74) is 0. The average molecular weight is 420 g/mol. The van der Waals surface area contributed by atoms with Crippen LogP contribution in [0.25, 0.3) is 0 Å². The minimum Gasteiger partial charge on any atom is -0.467 e. The summed E-state index contributed by atoms with van der Waals surface area (Å²) in [7, 11) is 1.80. The Kier molecular flexibility index (Phi) is 9.54. The lowest BCUT2D eigenvalue weighted by Crippen LogP contribution is -2.42. The van der Waals surface area contributed by atoms with Crippen molar-refractivity contribution in [1.29, 1.82) is 0 Å². The molecule has 1 aliphatic rings. The zero-order chi connectivity index (χ0) is 14.9. The summed E-state index contributed by atoms with van der Waals surface area (Å²) < 4.78 is 5.30. The molecule has 126 valence electrons. The van der Waals surface area contributed by atoms with Crippen LogP contribution < -0.4 is 10.6 Å². The van der Waals surface area contributed by atoms with Gasteiger partial charge >= 0.3 is 0 Å². The third-order valence-corrected chi connectivity index (χ3v) is 4.10. The van der Waals surface area contributed by atoms with Gasteiger partial charge in [0.1, 0.15) is 5.76 Å². The molecule has 0 amide bonds. The highest BCUT2D eigenvalue weighted by atomic mass is 127. The van der Waals surface area contributed by atoms with Crippen LogP contribution in [0.4, 0.5) is 0 Å². The van der Waals surface area contributed by atoms with Crippen molar-refractivity contribution in [1.82, 2.24) is 15.5 Å². The molecule has 1 atom stereocenters. The van der Waals surface area contributed by atoms with Crippen molar-refractivity contribution in [2.45, 2.75) is 45.2 Å². The van der Waals surface area contributed by atoms with Gasteiger partial charge in [0, 0.05) is 19.6 Å². The Bertz CT molecular complexity index is 416. The fourth-order valence-electron chi connectivity index (χ4n) is 2.75. The van der Waals surface area contributed by atoms with Crippen molar-refractivity contribution >= 4 is 29.9 Å². The molecule has 1 unspecified atom stereocenters. The van der Waals surface area contributed by atoms with E-state index in [0.717, 1.165) is 24.7 Å². The second-order valence-electron chi connectivity index (χ2n) is 5.67. The normalized spacial score (nSPS) is 17.6. The van der Waals surface area contributed by atoms with Crippen LogP contribution >= 0.6 is 24.0 Å². The van der Waals surface area contributed by atoms with E-state index < -0.39 is 0 Å². The Morgan fingerprint density at radius 3 is 2.73 bits per heavy atom. The minimum atomic E-state index is 0. The number of guanidine groups is 1. The van der Waals surface area contributed by atoms with Crippen molar-refractivity contribution in [3.05, 3.63) is 24.2 Å². The first-order valence-corrected chi connectivity index (χ1v) is 8.00. The third kappa shape index (κ3) is 6.56. The highest BCUT2D eigenvalue weighted by Crippen LogP contribution is 2.13. The molecule has 5 nitrogen and oxygen atoms in total. The van der Waals surface area contributed by atoms with E-state index in [-0.39, 0.29) is 24.0 Å². The number of hydrogen-bond donors (Lipinski definition) is 2. The number of halogens is 1. The molecular weight excluding hydrogens is 391 g/mol. The van der Waals surface area contributed by atoms with Gasteiger partial charge in [0.15, 0.2) is 5.96 Å². The van der Waals surface area contributed by atoms with Gasteiger partial charge in [0.05, 0.1) is 12.8 Å². The third-order valence-electron chi connectivity index (χ3n) is 4.10. The van der Waals surface area contributed by atoms with E-state index in [1.165, 1.54) is 32.4 Å². The Labute approximate surface area is 150 Å². The molecule has 2 rings (SSSR count). The first-order valence-electron chi connectivity index (χ1n) is 8.00. The van der Waals surface area contributed by atoms with Crippen LogP contribution in [0.15, 0.2) is 27.8 Å². The van der Waals surface area contributed by atoms with E-state index in [2.05, 4.69) is 27.4 Å². The summed E-state index contributed by atoms with van der Waals surface area (Å²) in [4.78, 5) is 6.84. The summed E-state index contributed by atoms with van der Waals surface area (Å²) in [6.45, 7) is 6.44.